The van der Waals surface area contributed by atoms with Gasteiger partial charge in [-0.05, 0) is 27.7 Å². The number of hydrogen-bond donors (Lipinski definition) is 2. The van der Waals surface area contributed by atoms with Gasteiger partial charge in [0.15, 0.2) is 0 Å². The third-order valence-electron chi connectivity index (χ3n) is 1.81. The van der Waals surface area contributed by atoms with Crippen molar-refractivity contribution in [3.63, 3.8) is 0 Å². The van der Waals surface area contributed by atoms with Crippen molar-refractivity contribution >= 4 is 5.97 Å². The molecule has 0 spiro atoms. The number of esters is 1. The maximum absolute atomic E-state index is 10.8. The predicted octanol–water partition coefficient (Wildman–Crippen LogP) is 0.689. The summed E-state index contributed by atoms with van der Waals surface area (Å²) in [5.74, 6) is -0.293. The summed E-state index contributed by atoms with van der Waals surface area (Å²) in [6, 6.07) is 0. The normalized spacial score (nSPS) is 12.7. The van der Waals surface area contributed by atoms with Crippen LogP contribution in [0.25, 0.3) is 0 Å². The lowest BCUT2D eigenvalue weighted by atomic mass is 10.0. The van der Waals surface area contributed by atoms with Crippen LogP contribution in [0.1, 0.15) is 34.6 Å². The highest BCUT2D eigenvalue weighted by Crippen LogP contribution is 2.10. The van der Waals surface area contributed by atoms with Gasteiger partial charge in [0.05, 0.1) is 6.61 Å². The molecule has 0 aliphatic carbocycles. The van der Waals surface area contributed by atoms with E-state index in [1.165, 1.54) is 6.92 Å². The zero-order valence-electron chi connectivity index (χ0n) is 9.68. The van der Waals surface area contributed by atoms with E-state index in [4.69, 9.17) is 9.84 Å². The highest BCUT2D eigenvalue weighted by molar-refractivity contribution is 5.66. The molecule has 0 bridgehead atoms. The van der Waals surface area contributed by atoms with Crippen molar-refractivity contribution in [3.8, 4) is 0 Å². The molecule has 0 rings (SSSR count). The summed E-state index contributed by atoms with van der Waals surface area (Å²) in [7, 11) is 0. The second-order valence-electron chi connectivity index (χ2n) is 4.75. The molecular formula is C10H21NO3. The van der Waals surface area contributed by atoms with Crippen molar-refractivity contribution in [2.75, 3.05) is 13.2 Å². The lowest BCUT2D eigenvalue weighted by molar-refractivity contribution is -0.153. The molecule has 2 N–H and O–H groups in total. The molecule has 0 atom stereocenters. The minimum absolute atomic E-state index is 0.0448. The highest BCUT2D eigenvalue weighted by atomic mass is 16.6. The molecule has 0 aromatic carbocycles. The van der Waals surface area contributed by atoms with Gasteiger partial charge in [0.1, 0.15) is 5.60 Å². The maximum Gasteiger partial charge on any atom is 0.303 e. The lowest BCUT2D eigenvalue weighted by Gasteiger charge is -2.31. The van der Waals surface area contributed by atoms with Gasteiger partial charge < -0.3 is 15.2 Å². The molecule has 0 heterocycles. The van der Waals surface area contributed by atoms with Crippen molar-refractivity contribution in [2.24, 2.45) is 0 Å². The van der Waals surface area contributed by atoms with Crippen LogP contribution < -0.4 is 5.32 Å². The third-order valence-corrected chi connectivity index (χ3v) is 1.81. The summed E-state index contributed by atoms with van der Waals surface area (Å²) in [4.78, 5) is 10.8. The van der Waals surface area contributed by atoms with E-state index in [0.29, 0.717) is 6.54 Å². The number of carbonyl (C=O) groups is 1. The molecular weight excluding hydrogens is 182 g/mol. The number of rotatable bonds is 5. The van der Waals surface area contributed by atoms with Gasteiger partial charge in [-0.3, -0.25) is 4.79 Å². The van der Waals surface area contributed by atoms with Crippen LogP contribution in [-0.4, -0.2) is 35.4 Å². The number of ether oxygens (including phenoxy) is 1. The molecule has 0 saturated carbocycles. The first kappa shape index (κ1) is 13.4. The van der Waals surface area contributed by atoms with Crippen molar-refractivity contribution < 1.29 is 14.6 Å². The fourth-order valence-corrected chi connectivity index (χ4v) is 0.933. The van der Waals surface area contributed by atoms with Crippen LogP contribution >= 0.6 is 0 Å². The predicted molar refractivity (Wildman–Crippen MR) is 55.0 cm³/mol. The summed E-state index contributed by atoms with van der Waals surface area (Å²) in [6.45, 7) is 9.37. The number of hydrogen-bond acceptors (Lipinski definition) is 4. The van der Waals surface area contributed by atoms with Crippen molar-refractivity contribution in [1.82, 2.24) is 5.32 Å². The molecule has 0 saturated heterocycles. The van der Waals surface area contributed by atoms with Gasteiger partial charge >= 0.3 is 5.97 Å². The monoisotopic (exact) mass is 203 g/mol. The van der Waals surface area contributed by atoms with E-state index in [0.717, 1.165) is 0 Å². The van der Waals surface area contributed by atoms with Gasteiger partial charge in [0.2, 0.25) is 0 Å². The van der Waals surface area contributed by atoms with Gasteiger partial charge in [-0.1, -0.05) is 0 Å². The molecule has 14 heavy (non-hydrogen) atoms. The van der Waals surface area contributed by atoms with Crippen LogP contribution in [0.5, 0.6) is 0 Å². The van der Waals surface area contributed by atoms with Crippen LogP contribution in [0.4, 0.5) is 0 Å². The summed E-state index contributed by atoms with van der Waals surface area (Å²) in [6.07, 6.45) is 0. The van der Waals surface area contributed by atoms with Crippen LogP contribution in [0.3, 0.4) is 0 Å². The molecule has 0 aromatic rings. The van der Waals surface area contributed by atoms with Crippen LogP contribution in [0, 0.1) is 0 Å². The zero-order chi connectivity index (χ0) is 11.4. The van der Waals surface area contributed by atoms with Crippen LogP contribution in [0.2, 0.25) is 0 Å². The molecule has 0 aliphatic rings. The van der Waals surface area contributed by atoms with E-state index in [2.05, 4.69) is 5.32 Å². The zero-order valence-corrected chi connectivity index (χ0v) is 9.68. The summed E-state index contributed by atoms with van der Waals surface area (Å²) in [5, 5.41) is 12.1. The summed E-state index contributed by atoms with van der Waals surface area (Å²) >= 11 is 0. The first-order valence-corrected chi connectivity index (χ1v) is 4.74. The number of carbonyl (C=O) groups excluding carboxylic acids is 1. The average molecular weight is 203 g/mol. The molecule has 0 unspecified atom stereocenters. The largest absolute Gasteiger partial charge is 0.458 e. The Labute approximate surface area is 85.6 Å². The SMILES string of the molecule is CC(=O)OC(C)(C)CNC(C)(C)CO. The van der Waals surface area contributed by atoms with Crippen molar-refractivity contribution in [3.05, 3.63) is 0 Å². The fraction of sp³-hybridized carbons (Fsp3) is 0.900. The van der Waals surface area contributed by atoms with Crippen molar-refractivity contribution in [2.45, 2.75) is 45.8 Å². The molecule has 0 radical (unpaired) electrons. The Morgan fingerprint density at radius 2 is 1.86 bits per heavy atom. The Morgan fingerprint density at radius 1 is 1.36 bits per heavy atom. The van der Waals surface area contributed by atoms with E-state index in [1.807, 2.05) is 27.7 Å². The minimum Gasteiger partial charge on any atom is -0.458 e. The maximum atomic E-state index is 10.8. The molecule has 0 fully saturated rings. The molecule has 4 heteroatoms. The van der Waals surface area contributed by atoms with Gasteiger partial charge in [-0.2, -0.15) is 0 Å². The average Bonchev–Trinajstić information content (AvgIpc) is 1.99. The Hall–Kier alpha value is -0.610. The third kappa shape index (κ3) is 5.94. The Bertz CT molecular complexity index is 200. The first-order valence-electron chi connectivity index (χ1n) is 4.74. The minimum atomic E-state index is -0.543. The van der Waals surface area contributed by atoms with Crippen LogP contribution in [0.15, 0.2) is 0 Å². The summed E-state index contributed by atoms with van der Waals surface area (Å²) in [5.41, 5.74) is -0.893. The molecule has 84 valence electrons. The van der Waals surface area contributed by atoms with Gasteiger partial charge in [0.25, 0.3) is 0 Å². The Balaban J connectivity index is 4.04. The second kappa shape index (κ2) is 4.75. The van der Waals surface area contributed by atoms with E-state index in [9.17, 15) is 4.79 Å². The van der Waals surface area contributed by atoms with E-state index in [-0.39, 0.29) is 18.1 Å². The Kier molecular flexibility index (Phi) is 4.55. The van der Waals surface area contributed by atoms with Crippen molar-refractivity contribution in [1.29, 1.82) is 0 Å². The molecule has 0 aromatic heterocycles. The smallest absolute Gasteiger partial charge is 0.303 e. The summed E-state index contributed by atoms with van der Waals surface area (Å²) < 4.78 is 5.09. The topological polar surface area (TPSA) is 58.6 Å². The Morgan fingerprint density at radius 3 is 2.21 bits per heavy atom. The second-order valence-corrected chi connectivity index (χ2v) is 4.75. The fourth-order valence-electron chi connectivity index (χ4n) is 0.933. The van der Waals surface area contributed by atoms with E-state index in [1.54, 1.807) is 0 Å². The first-order chi connectivity index (χ1) is 6.18. The van der Waals surface area contributed by atoms with Crippen LogP contribution in [-0.2, 0) is 9.53 Å². The van der Waals surface area contributed by atoms with Gasteiger partial charge in [-0.25, -0.2) is 0 Å². The standard InChI is InChI=1S/C10H21NO3/c1-8(13)14-10(4,5)6-11-9(2,3)7-12/h11-12H,6-7H2,1-5H3. The van der Waals surface area contributed by atoms with E-state index < -0.39 is 5.60 Å². The molecule has 0 amide bonds. The van der Waals surface area contributed by atoms with Gasteiger partial charge in [-0.15, -0.1) is 0 Å². The number of nitrogens with one attached hydrogen (secondary N) is 1. The van der Waals surface area contributed by atoms with Gasteiger partial charge in [0, 0.05) is 19.0 Å². The number of aliphatic hydroxyl groups excluding tert-OH is 1. The lowest BCUT2D eigenvalue weighted by Crippen LogP contribution is -2.50. The van der Waals surface area contributed by atoms with E-state index >= 15 is 0 Å². The molecule has 4 nitrogen and oxygen atoms in total. The quantitative estimate of drug-likeness (QED) is 0.645. The highest BCUT2D eigenvalue weighted by Gasteiger charge is 2.25. The number of aliphatic hydroxyl groups is 1. The molecule has 0 aliphatic heterocycles.